The van der Waals surface area contributed by atoms with Gasteiger partial charge in [-0.25, -0.2) is 0 Å². The molecule has 0 N–H and O–H groups in total. The Balaban J connectivity index is 3.91. The van der Waals surface area contributed by atoms with Gasteiger partial charge in [0.25, 0.3) is 0 Å². The lowest BCUT2D eigenvalue weighted by atomic mass is 9.84. The molecule has 0 aromatic carbocycles. The highest BCUT2D eigenvalue weighted by molar-refractivity contribution is 5.59. The van der Waals surface area contributed by atoms with Gasteiger partial charge in [-0.2, -0.15) is 0 Å². The van der Waals surface area contributed by atoms with Crippen molar-refractivity contribution in [1.29, 1.82) is 0 Å². The highest BCUT2D eigenvalue weighted by atomic mass is 16.6. The largest absolute Gasteiger partial charge is 0.399 e. The minimum atomic E-state index is 0.500. The predicted octanol–water partition coefficient (Wildman–Crippen LogP) is 2.94. The Morgan fingerprint density at radius 1 is 1.33 bits per heavy atom. The maximum Gasteiger partial charge on any atom is 0.106 e. The van der Waals surface area contributed by atoms with Crippen molar-refractivity contribution in [1.82, 2.24) is 0 Å². The standard InChI is InChI=1S/C10H21NO/c1-6-8(2)10(4)9(3)7-11-12-5/h7-10H,6H2,1-5H3/t8-,9+,10+/m0/s1. The Morgan fingerprint density at radius 2 is 1.92 bits per heavy atom. The number of hydrogen-bond acceptors (Lipinski definition) is 2. The molecule has 0 spiro atoms. The summed E-state index contributed by atoms with van der Waals surface area (Å²) in [4.78, 5) is 4.65. The Bertz CT molecular complexity index is 134. The second-order valence-corrected chi connectivity index (χ2v) is 3.54. The van der Waals surface area contributed by atoms with Gasteiger partial charge in [-0.05, 0) is 17.8 Å². The van der Waals surface area contributed by atoms with Crippen LogP contribution >= 0.6 is 0 Å². The summed E-state index contributed by atoms with van der Waals surface area (Å²) in [5, 5.41) is 3.78. The van der Waals surface area contributed by atoms with E-state index in [0.717, 1.165) is 5.92 Å². The van der Waals surface area contributed by atoms with Crippen LogP contribution in [0.4, 0.5) is 0 Å². The summed E-state index contributed by atoms with van der Waals surface area (Å²) in [5.74, 6) is 1.93. The van der Waals surface area contributed by atoms with E-state index in [4.69, 9.17) is 0 Å². The minimum absolute atomic E-state index is 0.500. The van der Waals surface area contributed by atoms with Gasteiger partial charge in [0, 0.05) is 6.21 Å². The van der Waals surface area contributed by atoms with E-state index < -0.39 is 0 Å². The molecule has 0 aliphatic rings. The molecule has 0 aliphatic heterocycles. The topological polar surface area (TPSA) is 21.6 Å². The Morgan fingerprint density at radius 3 is 2.33 bits per heavy atom. The highest BCUT2D eigenvalue weighted by Gasteiger charge is 2.15. The summed E-state index contributed by atoms with van der Waals surface area (Å²) in [7, 11) is 1.58. The molecule has 0 aromatic rings. The molecule has 2 heteroatoms. The minimum Gasteiger partial charge on any atom is -0.399 e. The SMILES string of the molecule is CC[C@H](C)[C@@H](C)[C@H](C)C=NOC. The van der Waals surface area contributed by atoms with Crippen molar-refractivity contribution in [2.45, 2.75) is 34.1 Å². The van der Waals surface area contributed by atoms with Crippen molar-refractivity contribution in [2.24, 2.45) is 22.9 Å². The van der Waals surface area contributed by atoms with Crippen molar-refractivity contribution < 1.29 is 4.84 Å². The van der Waals surface area contributed by atoms with Gasteiger partial charge in [0.2, 0.25) is 0 Å². The normalized spacial score (nSPS) is 19.1. The first kappa shape index (κ1) is 11.5. The van der Waals surface area contributed by atoms with Crippen molar-refractivity contribution in [3.63, 3.8) is 0 Å². The summed E-state index contributed by atoms with van der Waals surface area (Å²) in [5.41, 5.74) is 0. The molecule has 0 fully saturated rings. The van der Waals surface area contributed by atoms with Crippen LogP contribution < -0.4 is 0 Å². The fourth-order valence-corrected chi connectivity index (χ4v) is 1.18. The number of nitrogens with zero attached hydrogens (tertiary/aromatic N) is 1. The Kier molecular flexibility index (Phi) is 5.77. The molecular formula is C10H21NO. The molecule has 0 unspecified atom stereocenters. The Labute approximate surface area is 76.0 Å². The van der Waals surface area contributed by atoms with Crippen LogP contribution in [0.2, 0.25) is 0 Å². The maximum atomic E-state index is 4.65. The monoisotopic (exact) mass is 171 g/mol. The molecule has 0 saturated carbocycles. The van der Waals surface area contributed by atoms with E-state index in [9.17, 15) is 0 Å². The number of oxime groups is 1. The molecule has 0 aromatic heterocycles. The van der Waals surface area contributed by atoms with Crippen LogP contribution in [0.1, 0.15) is 34.1 Å². The van der Waals surface area contributed by atoms with E-state index in [1.807, 2.05) is 6.21 Å². The molecule has 0 amide bonds. The van der Waals surface area contributed by atoms with Gasteiger partial charge in [0.15, 0.2) is 0 Å². The van der Waals surface area contributed by atoms with Crippen LogP contribution in [-0.2, 0) is 4.84 Å². The first-order valence-electron chi connectivity index (χ1n) is 4.70. The third kappa shape index (κ3) is 3.74. The average Bonchev–Trinajstić information content (AvgIpc) is 2.11. The third-order valence-electron chi connectivity index (χ3n) is 2.77. The van der Waals surface area contributed by atoms with Crippen LogP contribution in [0.3, 0.4) is 0 Å². The second kappa shape index (κ2) is 6.04. The van der Waals surface area contributed by atoms with Crippen LogP contribution in [0.5, 0.6) is 0 Å². The molecule has 0 saturated heterocycles. The van der Waals surface area contributed by atoms with E-state index in [1.54, 1.807) is 7.11 Å². The lowest BCUT2D eigenvalue weighted by molar-refractivity contribution is 0.210. The van der Waals surface area contributed by atoms with Gasteiger partial charge < -0.3 is 4.84 Å². The smallest absolute Gasteiger partial charge is 0.106 e. The van der Waals surface area contributed by atoms with Crippen LogP contribution in [0.15, 0.2) is 5.16 Å². The zero-order valence-corrected chi connectivity index (χ0v) is 8.87. The molecule has 72 valence electrons. The van der Waals surface area contributed by atoms with E-state index in [2.05, 4.69) is 37.7 Å². The highest BCUT2D eigenvalue weighted by Crippen LogP contribution is 2.21. The van der Waals surface area contributed by atoms with Crippen LogP contribution in [-0.4, -0.2) is 13.3 Å². The van der Waals surface area contributed by atoms with Crippen LogP contribution in [0, 0.1) is 17.8 Å². The first-order valence-corrected chi connectivity index (χ1v) is 4.70. The van der Waals surface area contributed by atoms with Crippen LogP contribution in [0.25, 0.3) is 0 Å². The summed E-state index contributed by atoms with van der Waals surface area (Å²) < 4.78 is 0. The summed E-state index contributed by atoms with van der Waals surface area (Å²) in [6, 6.07) is 0. The zero-order chi connectivity index (χ0) is 9.56. The molecule has 2 nitrogen and oxygen atoms in total. The van der Waals surface area contributed by atoms with Gasteiger partial charge in [-0.1, -0.05) is 39.3 Å². The molecule has 3 atom stereocenters. The molecule has 0 rings (SSSR count). The fraction of sp³-hybridized carbons (Fsp3) is 0.900. The van der Waals surface area contributed by atoms with E-state index in [0.29, 0.717) is 11.8 Å². The molecule has 0 aliphatic carbocycles. The van der Waals surface area contributed by atoms with Crippen molar-refractivity contribution >= 4 is 6.21 Å². The van der Waals surface area contributed by atoms with E-state index in [-0.39, 0.29) is 0 Å². The van der Waals surface area contributed by atoms with Crippen molar-refractivity contribution in [3.05, 3.63) is 0 Å². The molecular weight excluding hydrogens is 150 g/mol. The molecule has 0 radical (unpaired) electrons. The summed E-state index contributed by atoms with van der Waals surface area (Å²) in [6.07, 6.45) is 3.11. The number of rotatable bonds is 5. The molecule has 12 heavy (non-hydrogen) atoms. The lowest BCUT2D eigenvalue weighted by Crippen LogP contribution is -2.17. The fourth-order valence-electron chi connectivity index (χ4n) is 1.18. The quantitative estimate of drug-likeness (QED) is 0.460. The van der Waals surface area contributed by atoms with Gasteiger partial charge >= 0.3 is 0 Å². The van der Waals surface area contributed by atoms with Gasteiger partial charge in [-0.3, -0.25) is 0 Å². The average molecular weight is 171 g/mol. The summed E-state index contributed by atoms with van der Waals surface area (Å²) in [6.45, 7) is 8.95. The van der Waals surface area contributed by atoms with Gasteiger partial charge in [-0.15, -0.1) is 0 Å². The van der Waals surface area contributed by atoms with Crippen molar-refractivity contribution in [2.75, 3.05) is 7.11 Å². The van der Waals surface area contributed by atoms with Gasteiger partial charge in [0.1, 0.15) is 7.11 Å². The maximum absolute atomic E-state index is 4.65. The predicted molar refractivity (Wildman–Crippen MR) is 53.3 cm³/mol. The summed E-state index contributed by atoms with van der Waals surface area (Å²) >= 11 is 0. The molecule has 0 heterocycles. The van der Waals surface area contributed by atoms with Crippen molar-refractivity contribution in [3.8, 4) is 0 Å². The van der Waals surface area contributed by atoms with Gasteiger partial charge in [0.05, 0.1) is 0 Å². The number of hydrogen-bond donors (Lipinski definition) is 0. The zero-order valence-electron chi connectivity index (χ0n) is 8.87. The van der Waals surface area contributed by atoms with E-state index >= 15 is 0 Å². The lowest BCUT2D eigenvalue weighted by Gasteiger charge is -2.21. The first-order chi connectivity index (χ1) is 5.63. The second-order valence-electron chi connectivity index (χ2n) is 3.54. The molecule has 0 bridgehead atoms. The third-order valence-corrected chi connectivity index (χ3v) is 2.77. The Hall–Kier alpha value is -0.530. The van der Waals surface area contributed by atoms with E-state index in [1.165, 1.54) is 6.42 Å².